The topological polar surface area (TPSA) is 151 Å². The molecule has 1 saturated carbocycles. The normalized spacial score (nSPS) is 18.5. The Bertz CT molecular complexity index is 1680. The molecule has 3 heterocycles. The van der Waals surface area contributed by atoms with Gasteiger partial charge in [0, 0.05) is 11.1 Å². The van der Waals surface area contributed by atoms with E-state index in [0.717, 1.165) is 4.57 Å². The molecule has 12 nitrogen and oxygen atoms in total. The minimum absolute atomic E-state index is 0.0172. The summed E-state index contributed by atoms with van der Waals surface area (Å²) in [7, 11) is 1.55. The minimum Gasteiger partial charge on any atom is -0.496 e. The molecule has 0 saturated heterocycles. The first kappa shape index (κ1) is 28.7. The first-order chi connectivity index (χ1) is 19.5. The summed E-state index contributed by atoms with van der Waals surface area (Å²) < 4.78 is 14.5. The van der Waals surface area contributed by atoms with Gasteiger partial charge in [0.2, 0.25) is 0 Å². The van der Waals surface area contributed by atoms with Crippen molar-refractivity contribution in [3.05, 3.63) is 68.6 Å². The van der Waals surface area contributed by atoms with Gasteiger partial charge in [0.1, 0.15) is 27.2 Å². The maximum absolute atomic E-state index is 14.1. The van der Waals surface area contributed by atoms with E-state index in [1.165, 1.54) is 46.9 Å². The lowest BCUT2D eigenvalue weighted by atomic mass is 9.94. The van der Waals surface area contributed by atoms with Crippen molar-refractivity contribution in [2.75, 3.05) is 7.11 Å². The third kappa shape index (κ3) is 5.20. The van der Waals surface area contributed by atoms with Gasteiger partial charge >= 0.3 is 11.7 Å². The Morgan fingerprint density at radius 1 is 1.15 bits per heavy atom. The van der Waals surface area contributed by atoms with Gasteiger partial charge in [0.05, 0.1) is 43.6 Å². The van der Waals surface area contributed by atoms with Gasteiger partial charge in [-0.3, -0.25) is 9.36 Å². The fourth-order valence-electron chi connectivity index (χ4n) is 5.32. The highest BCUT2D eigenvalue weighted by Crippen LogP contribution is 2.36. The SMILES string of the molecule is COc1ccccc1[C@H](Cn1c(=O)n(C(C)(C)C(=O)O)c(=O)c2c(C)c(-n3nccn3)sc21)OC1CCC(O)CC1. The average molecular weight is 584 g/mol. The molecule has 1 aromatic carbocycles. The molecule has 0 radical (unpaired) electrons. The number of aryl methyl sites for hydroxylation is 1. The number of nitrogens with zero attached hydrogens (tertiary/aromatic N) is 5. The number of para-hydroxylation sites is 1. The van der Waals surface area contributed by atoms with Crippen LogP contribution in [-0.4, -0.2) is 59.6 Å². The van der Waals surface area contributed by atoms with Crippen molar-refractivity contribution in [3.8, 4) is 10.8 Å². The molecule has 0 aliphatic heterocycles. The summed E-state index contributed by atoms with van der Waals surface area (Å²) >= 11 is 1.18. The number of methoxy groups -OCH3 is 1. The number of ether oxygens (including phenoxy) is 2. The lowest BCUT2D eigenvalue weighted by Crippen LogP contribution is -2.52. The van der Waals surface area contributed by atoms with Crippen molar-refractivity contribution in [1.82, 2.24) is 24.1 Å². The highest BCUT2D eigenvalue weighted by Gasteiger charge is 2.36. The highest BCUT2D eigenvalue weighted by atomic mass is 32.1. The summed E-state index contributed by atoms with van der Waals surface area (Å²) in [4.78, 5) is 42.0. The number of thiophene rings is 1. The van der Waals surface area contributed by atoms with E-state index in [1.807, 2.05) is 18.2 Å². The second kappa shape index (κ2) is 11.2. The standard InChI is InChI=1S/C28H33N5O7S/c1-16-22-23(35)32(28(2,3)26(36)37)27(38)31(25(22)41-24(16)33-29-13-14-30-33)15-21(19-7-5-6-8-20(19)39-4)40-18-11-9-17(34)10-12-18/h5-8,13-14,17-18,21,34H,9-12,15H2,1-4H3,(H,36,37)/t17?,18?,21-/m0/s1. The second-order valence-corrected chi connectivity index (χ2v) is 11.7. The number of carboxylic acids is 1. The van der Waals surface area contributed by atoms with E-state index in [4.69, 9.17) is 9.47 Å². The summed E-state index contributed by atoms with van der Waals surface area (Å²) in [5.74, 6) is -0.747. The van der Waals surface area contributed by atoms with Crippen LogP contribution in [0.3, 0.4) is 0 Å². The molecule has 0 amide bonds. The number of aliphatic carboxylic acids is 1. The minimum atomic E-state index is -1.83. The summed E-state index contributed by atoms with van der Waals surface area (Å²) in [5.41, 5.74) is -2.05. The van der Waals surface area contributed by atoms with Gasteiger partial charge in [-0.25, -0.2) is 14.2 Å². The number of aromatic nitrogens is 5. The third-order valence-electron chi connectivity index (χ3n) is 7.70. The molecule has 4 aromatic rings. The molecular weight excluding hydrogens is 550 g/mol. The van der Waals surface area contributed by atoms with Crippen molar-refractivity contribution in [1.29, 1.82) is 0 Å². The maximum atomic E-state index is 14.1. The molecule has 13 heteroatoms. The molecule has 1 fully saturated rings. The number of aliphatic hydroxyl groups is 1. The molecule has 0 unspecified atom stereocenters. The van der Waals surface area contributed by atoms with Crippen molar-refractivity contribution in [2.24, 2.45) is 0 Å². The van der Waals surface area contributed by atoms with E-state index in [0.29, 0.717) is 52.4 Å². The summed E-state index contributed by atoms with van der Waals surface area (Å²) in [6.45, 7) is 4.37. The number of hydrogen-bond acceptors (Lipinski definition) is 9. The van der Waals surface area contributed by atoms with Crippen molar-refractivity contribution >= 4 is 27.5 Å². The Balaban J connectivity index is 1.74. The van der Waals surface area contributed by atoms with Gasteiger partial charge in [-0.15, -0.1) is 4.80 Å². The summed E-state index contributed by atoms with van der Waals surface area (Å²) in [6.07, 6.45) is 4.31. The van der Waals surface area contributed by atoms with E-state index in [-0.39, 0.29) is 24.1 Å². The summed E-state index contributed by atoms with van der Waals surface area (Å²) in [5, 5.41) is 29.2. The van der Waals surface area contributed by atoms with Crippen molar-refractivity contribution in [2.45, 2.75) is 76.9 Å². The van der Waals surface area contributed by atoms with Crippen LogP contribution in [0.25, 0.3) is 15.2 Å². The van der Waals surface area contributed by atoms with Gasteiger partial charge in [0.25, 0.3) is 5.56 Å². The molecule has 218 valence electrons. The number of carbonyl (C=O) groups is 1. The first-order valence-electron chi connectivity index (χ1n) is 13.4. The van der Waals surface area contributed by atoms with Crippen LogP contribution >= 0.6 is 11.3 Å². The number of fused-ring (bicyclic) bond motifs is 1. The molecule has 1 atom stereocenters. The van der Waals surface area contributed by atoms with Crippen LogP contribution in [0.2, 0.25) is 0 Å². The third-order valence-corrected chi connectivity index (χ3v) is 8.99. The van der Waals surface area contributed by atoms with Crippen molar-refractivity contribution in [3.63, 3.8) is 0 Å². The van der Waals surface area contributed by atoms with Gasteiger partial charge in [-0.1, -0.05) is 29.5 Å². The van der Waals surface area contributed by atoms with E-state index < -0.39 is 28.9 Å². The fraction of sp³-hybridized carbons (Fsp3) is 0.464. The molecule has 3 aromatic heterocycles. The van der Waals surface area contributed by atoms with Crippen LogP contribution in [0.4, 0.5) is 0 Å². The molecule has 0 spiro atoms. The maximum Gasteiger partial charge on any atom is 0.333 e. The Morgan fingerprint density at radius 2 is 1.80 bits per heavy atom. The Hall–Kier alpha value is -3.81. The molecule has 5 rings (SSSR count). The van der Waals surface area contributed by atoms with Gasteiger partial charge < -0.3 is 19.7 Å². The van der Waals surface area contributed by atoms with Gasteiger partial charge in [0.15, 0.2) is 0 Å². The number of rotatable bonds is 9. The summed E-state index contributed by atoms with van der Waals surface area (Å²) in [6, 6.07) is 7.35. The van der Waals surface area contributed by atoms with Crippen LogP contribution in [-0.2, 0) is 21.6 Å². The van der Waals surface area contributed by atoms with E-state index in [2.05, 4.69) is 10.2 Å². The largest absolute Gasteiger partial charge is 0.496 e. The lowest BCUT2D eigenvalue weighted by Gasteiger charge is -2.31. The monoisotopic (exact) mass is 583 g/mol. The predicted molar refractivity (Wildman–Crippen MR) is 152 cm³/mol. The smallest absolute Gasteiger partial charge is 0.333 e. The molecule has 1 aliphatic rings. The van der Waals surface area contributed by atoms with Gasteiger partial charge in [-0.2, -0.15) is 10.2 Å². The first-order valence-corrected chi connectivity index (χ1v) is 14.2. The van der Waals surface area contributed by atoms with Gasteiger partial charge in [-0.05, 0) is 52.5 Å². The van der Waals surface area contributed by atoms with Crippen LogP contribution in [0.5, 0.6) is 5.75 Å². The molecular formula is C28H33N5O7S. The molecule has 1 aliphatic carbocycles. The van der Waals surface area contributed by atoms with Crippen LogP contribution in [0.1, 0.15) is 56.8 Å². The zero-order valence-electron chi connectivity index (χ0n) is 23.3. The molecule has 41 heavy (non-hydrogen) atoms. The number of aliphatic hydroxyl groups excluding tert-OH is 1. The zero-order valence-corrected chi connectivity index (χ0v) is 24.1. The molecule has 0 bridgehead atoms. The zero-order chi connectivity index (χ0) is 29.5. The molecule has 2 N–H and O–H groups in total. The van der Waals surface area contributed by atoms with Crippen LogP contribution in [0.15, 0.2) is 46.2 Å². The predicted octanol–water partition coefficient (Wildman–Crippen LogP) is 3.00. The number of benzene rings is 1. The average Bonchev–Trinajstić information content (AvgIpc) is 3.59. The van der Waals surface area contributed by atoms with Crippen LogP contribution in [0, 0.1) is 6.92 Å². The number of carboxylic acid groups (broad SMARTS) is 1. The lowest BCUT2D eigenvalue weighted by molar-refractivity contribution is -0.146. The van der Waals surface area contributed by atoms with Crippen molar-refractivity contribution < 1.29 is 24.5 Å². The highest BCUT2D eigenvalue weighted by molar-refractivity contribution is 7.21. The van der Waals surface area contributed by atoms with Crippen LogP contribution < -0.4 is 16.0 Å². The fourth-order valence-corrected chi connectivity index (χ4v) is 6.54. The Kier molecular flexibility index (Phi) is 7.86. The quantitative estimate of drug-likeness (QED) is 0.303. The van der Waals surface area contributed by atoms with E-state index in [9.17, 15) is 24.6 Å². The van der Waals surface area contributed by atoms with E-state index in [1.54, 1.807) is 20.1 Å². The Morgan fingerprint density at radius 3 is 2.44 bits per heavy atom. The Labute approximate surface area is 239 Å². The number of hydrogen-bond donors (Lipinski definition) is 2. The second-order valence-electron chi connectivity index (χ2n) is 10.7. The van der Waals surface area contributed by atoms with E-state index >= 15 is 0 Å².